The number of pyridine rings is 1. The molecule has 0 bridgehead atoms. The highest BCUT2D eigenvalue weighted by atomic mass is 16.5. The molecule has 1 atom stereocenters. The third-order valence-electron chi connectivity index (χ3n) is 3.45. The van der Waals surface area contributed by atoms with Gasteiger partial charge in [-0.1, -0.05) is 6.07 Å². The summed E-state index contributed by atoms with van der Waals surface area (Å²) in [5, 5.41) is 2.81. The molecule has 0 aliphatic heterocycles. The molecule has 2 aromatic heterocycles. The molecule has 2 rings (SSSR count). The van der Waals surface area contributed by atoms with Crippen LogP contribution >= 0.6 is 0 Å². The zero-order valence-electron chi connectivity index (χ0n) is 14.1. The largest absolute Gasteiger partial charge is 0.380 e. The van der Waals surface area contributed by atoms with Crippen molar-refractivity contribution in [3.05, 3.63) is 46.0 Å². The fraction of sp³-hybridized carbons (Fsp3) is 0.412. The van der Waals surface area contributed by atoms with Gasteiger partial charge >= 0.3 is 0 Å². The Bertz CT molecular complexity index is 743. The molecule has 0 radical (unpaired) electrons. The summed E-state index contributed by atoms with van der Waals surface area (Å²) in [5.41, 5.74) is 1.14. The van der Waals surface area contributed by atoms with Crippen molar-refractivity contribution in [3.63, 3.8) is 0 Å². The van der Waals surface area contributed by atoms with E-state index in [2.05, 4.69) is 20.3 Å². The van der Waals surface area contributed by atoms with Gasteiger partial charge in [0.25, 0.3) is 5.56 Å². The smallest absolute Gasteiger partial charge is 0.255 e. The van der Waals surface area contributed by atoms with Gasteiger partial charge in [-0.25, -0.2) is 4.98 Å². The van der Waals surface area contributed by atoms with Crippen LogP contribution in [0.5, 0.6) is 0 Å². The number of aryl methyl sites for hydroxylation is 1. The van der Waals surface area contributed by atoms with E-state index in [4.69, 9.17) is 4.74 Å². The Labute approximate surface area is 140 Å². The van der Waals surface area contributed by atoms with E-state index in [0.29, 0.717) is 36.0 Å². The molecule has 7 nitrogen and oxygen atoms in total. The highest BCUT2D eigenvalue weighted by Crippen LogP contribution is 2.11. The van der Waals surface area contributed by atoms with Crippen molar-refractivity contribution in [3.8, 4) is 11.5 Å². The molecule has 0 saturated heterocycles. The number of carbonyl (C=O) groups excluding carboxylic acids is 1. The van der Waals surface area contributed by atoms with Crippen LogP contribution in [-0.2, 0) is 16.0 Å². The number of nitrogens with zero attached hydrogens (tertiary/aromatic N) is 2. The van der Waals surface area contributed by atoms with E-state index in [1.54, 1.807) is 25.3 Å². The highest BCUT2D eigenvalue weighted by molar-refractivity contribution is 5.79. The van der Waals surface area contributed by atoms with E-state index in [-0.39, 0.29) is 23.9 Å². The second kappa shape index (κ2) is 8.35. The number of carbonyl (C=O) groups is 1. The van der Waals surface area contributed by atoms with E-state index in [9.17, 15) is 9.59 Å². The van der Waals surface area contributed by atoms with Crippen LogP contribution in [-0.4, -0.2) is 40.1 Å². The molecule has 0 spiro atoms. The minimum Gasteiger partial charge on any atom is -0.380 e. The van der Waals surface area contributed by atoms with Gasteiger partial charge < -0.3 is 15.0 Å². The maximum Gasteiger partial charge on any atom is 0.255 e. The maximum atomic E-state index is 12.3. The molecular formula is C17H22N4O3. The monoisotopic (exact) mass is 330 g/mol. The van der Waals surface area contributed by atoms with E-state index < -0.39 is 0 Å². The molecule has 0 aromatic carbocycles. The maximum absolute atomic E-state index is 12.3. The summed E-state index contributed by atoms with van der Waals surface area (Å²) in [4.78, 5) is 35.6. The number of aromatic nitrogens is 3. The van der Waals surface area contributed by atoms with Gasteiger partial charge in [-0.05, 0) is 32.9 Å². The van der Waals surface area contributed by atoms with Crippen molar-refractivity contribution in [1.29, 1.82) is 0 Å². The summed E-state index contributed by atoms with van der Waals surface area (Å²) in [6.45, 7) is 6.50. The van der Waals surface area contributed by atoms with Gasteiger partial charge in [-0.15, -0.1) is 0 Å². The van der Waals surface area contributed by atoms with Crippen molar-refractivity contribution in [2.45, 2.75) is 33.2 Å². The normalized spacial score (nSPS) is 12.0. The van der Waals surface area contributed by atoms with E-state index >= 15 is 0 Å². The second-order valence-electron chi connectivity index (χ2n) is 5.50. The predicted molar refractivity (Wildman–Crippen MR) is 90.6 cm³/mol. The Morgan fingerprint density at radius 2 is 2.21 bits per heavy atom. The molecule has 2 aromatic rings. The van der Waals surface area contributed by atoms with Gasteiger partial charge in [-0.3, -0.25) is 14.6 Å². The lowest BCUT2D eigenvalue weighted by atomic mass is 10.1. The van der Waals surface area contributed by atoms with E-state index in [1.807, 2.05) is 19.9 Å². The van der Waals surface area contributed by atoms with Gasteiger partial charge in [0.15, 0.2) is 5.82 Å². The zero-order chi connectivity index (χ0) is 17.5. The van der Waals surface area contributed by atoms with Crippen LogP contribution in [0.1, 0.15) is 25.1 Å². The summed E-state index contributed by atoms with van der Waals surface area (Å²) < 4.78 is 5.26. The van der Waals surface area contributed by atoms with Gasteiger partial charge in [0.05, 0.1) is 13.0 Å². The first kappa shape index (κ1) is 17.8. The number of ether oxygens (including phenoxy) is 1. The summed E-state index contributed by atoms with van der Waals surface area (Å²) in [6.07, 6.45) is 1.61. The molecule has 0 saturated carbocycles. The van der Waals surface area contributed by atoms with Crippen molar-refractivity contribution >= 4 is 5.91 Å². The van der Waals surface area contributed by atoms with Crippen molar-refractivity contribution in [1.82, 2.24) is 20.3 Å². The van der Waals surface area contributed by atoms with E-state index in [0.717, 1.165) is 0 Å². The third-order valence-corrected chi connectivity index (χ3v) is 3.45. The summed E-state index contributed by atoms with van der Waals surface area (Å²) in [5.74, 6) is 0.162. The molecule has 24 heavy (non-hydrogen) atoms. The van der Waals surface area contributed by atoms with Gasteiger partial charge in [0.2, 0.25) is 5.91 Å². The fourth-order valence-electron chi connectivity index (χ4n) is 2.27. The first-order valence-corrected chi connectivity index (χ1v) is 7.89. The lowest BCUT2D eigenvalue weighted by molar-refractivity contribution is -0.121. The first-order valence-electron chi connectivity index (χ1n) is 7.89. The lowest BCUT2D eigenvalue weighted by Crippen LogP contribution is -2.38. The predicted octanol–water partition coefficient (Wildman–Crippen LogP) is 1.22. The molecule has 2 N–H and O–H groups in total. The Hall–Kier alpha value is -2.54. The molecule has 0 aliphatic carbocycles. The van der Waals surface area contributed by atoms with Crippen LogP contribution in [0.25, 0.3) is 11.5 Å². The standard InChI is InChI=1S/C17H22N4O3/c1-4-24-10-11(2)19-15(22)9-13-12(3)20-16(21-17(13)23)14-7-5-6-8-18-14/h5-8,11H,4,9-10H2,1-3H3,(H,19,22)(H,20,21,23)/t11-/m1/s1. The number of nitrogens with one attached hydrogen (secondary N) is 2. The van der Waals surface area contributed by atoms with E-state index in [1.165, 1.54) is 0 Å². The molecule has 0 fully saturated rings. The zero-order valence-corrected chi connectivity index (χ0v) is 14.1. The van der Waals surface area contributed by atoms with Crippen LogP contribution in [0.3, 0.4) is 0 Å². The van der Waals surface area contributed by atoms with Crippen LogP contribution < -0.4 is 10.9 Å². The highest BCUT2D eigenvalue weighted by Gasteiger charge is 2.15. The lowest BCUT2D eigenvalue weighted by Gasteiger charge is -2.14. The Morgan fingerprint density at radius 3 is 2.83 bits per heavy atom. The second-order valence-corrected chi connectivity index (χ2v) is 5.50. The summed E-state index contributed by atoms with van der Waals surface area (Å²) in [7, 11) is 0. The molecule has 0 unspecified atom stereocenters. The summed E-state index contributed by atoms with van der Waals surface area (Å²) >= 11 is 0. The van der Waals surface area contributed by atoms with Gasteiger partial charge in [-0.2, -0.15) is 0 Å². The van der Waals surface area contributed by atoms with Crippen LogP contribution in [0.2, 0.25) is 0 Å². The average molecular weight is 330 g/mol. The number of amides is 1. The molecule has 1 amide bonds. The number of rotatable bonds is 7. The molecule has 0 aliphatic rings. The number of hydrogen-bond acceptors (Lipinski definition) is 5. The van der Waals surface area contributed by atoms with Crippen LogP contribution in [0, 0.1) is 6.92 Å². The summed E-state index contributed by atoms with van der Waals surface area (Å²) in [6, 6.07) is 5.26. The fourth-order valence-corrected chi connectivity index (χ4v) is 2.27. The van der Waals surface area contributed by atoms with Gasteiger partial charge in [0.1, 0.15) is 5.69 Å². The Balaban J connectivity index is 2.12. The topological polar surface area (TPSA) is 97.0 Å². The number of hydrogen-bond donors (Lipinski definition) is 2. The van der Waals surface area contributed by atoms with Crippen molar-refractivity contribution < 1.29 is 9.53 Å². The quantitative estimate of drug-likeness (QED) is 0.796. The van der Waals surface area contributed by atoms with Crippen LogP contribution in [0.15, 0.2) is 29.2 Å². The van der Waals surface area contributed by atoms with Gasteiger partial charge in [0, 0.05) is 30.1 Å². The van der Waals surface area contributed by atoms with Crippen molar-refractivity contribution in [2.75, 3.05) is 13.2 Å². The number of H-pyrrole nitrogens is 1. The Kier molecular flexibility index (Phi) is 6.20. The molecule has 2 heterocycles. The number of aromatic amines is 1. The first-order chi connectivity index (χ1) is 11.5. The SMILES string of the molecule is CCOC[C@@H](C)NC(=O)Cc1c(C)nc(-c2ccccn2)[nH]c1=O. The minimum atomic E-state index is -0.323. The Morgan fingerprint density at radius 1 is 1.42 bits per heavy atom. The van der Waals surface area contributed by atoms with Crippen molar-refractivity contribution in [2.24, 2.45) is 0 Å². The minimum absolute atomic E-state index is 0.0207. The molecular weight excluding hydrogens is 308 g/mol. The third kappa shape index (κ3) is 4.73. The molecule has 128 valence electrons. The van der Waals surface area contributed by atoms with Crippen LogP contribution in [0.4, 0.5) is 0 Å². The molecule has 7 heteroatoms. The average Bonchev–Trinajstić information content (AvgIpc) is 2.57.